The number of carbonyl (C=O) groups excluding carboxylic acids is 1. The van der Waals surface area contributed by atoms with E-state index in [1.807, 2.05) is 22.7 Å². The van der Waals surface area contributed by atoms with Crippen LogP contribution in [0.25, 0.3) is 0 Å². The first-order chi connectivity index (χ1) is 10.3. The number of likely N-dealkylation sites (tertiary alicyclic amines) is 1. The van der Waals surface area contributed by atoms with Crippen LogP contribution in [0.4, 0.5) is 0 Å². The SMILES string of the molecule is O=C(c1ccco1)N1CCCC(CSc2ccccc2)C1. The number of furan rings is 1. The minimum atomic E-state index is 0.0226. The van der Waals surface area contributed by atoms with Crippen molar-refractivity contribution in [3.05, 3.63) is 54.5 Å². The lowest BCUT2D eigenvalue weighted by atomic mass is 10.00. The summed E-state index contributed by atoms with van der Waals surface area (Å²) in [6, 6.07) is 13.9. The Morgan fingerprint density at radius 1 is 1.24 bits per heavy atom. The topological polar surface area (TPSA) is 33.5 Å². The van der Waals surface area contributed by atoms with Gasteiger partial charge in [-0.3, -0.25) is 4.79 Å². The van der Waals surface area contributed by atoms with Crippen LogP contribution >= 0.6 is 11.8 Å². The first kappa shape index (κ1) is 14.3. The van der Waals surface area contributed by atoms with Crippen LogP contribution in [-0.4, -0.2) is 29.6 Å². The van der Waals surface area contributed by atoms with Crippen molar-refractivity contribution in [1.82, 2.24) is 4.90 Å². The summed E-state index contributed by atoms with van der Waals surface area (Å²) in [5.74, 6) is 2.09. The van der Waals surface area contributed by atoms with E-state index in [2.05, 4.69) is 24.3 Å². The molecule has 0 radical (unpaired) electrons. The van der Waals surface area contributed by atoms with Gasteiger partial charge in [-0.2, -0.15) is 0 Å². The third-order valence-corrected chi connectivity index (χ3v) is 5.01. The maximum absolute atomic E-state index is 12.3. The average Bonchev–Trinajstić information content (AvgIpc) is 3.08. The van der Waals surface area contributed by atoms with Crippen molar-refractivity contribution in [3.8, 4) is 0 Å². The van der Waals surface area contributed by atoms with Crippen molar-refractivity contribution in [2.24, 2.45) is 5.92 Å². The number of carbonyl (C=O) groups is 1. The summed E-state index contributed by atoms with van der Waals surface area (Å²) in [4.78, 5) is 15.5. The summed E-state index contributed by atoms with van der Waals surface area (Å²) >= 11 is 1.88. The maximum Gasteiger partial charge on any atom is 0.289 e. The average molecular weight is 301 g/mol. The Labute approximate surface area is 129 Å². The highest BCUT2D eigenvalue weighted by Crippen LogP contribution is 2.26. The van der Waals surface area contributed by atoms with Gasteiger partial charge in [0.2, 0.25) is 0 Å². The molecule has 0 aliphatic carbocycles. The second-order valence-electron chi connectivity index (χ2n) is 5.36. The number of thioether (sulfide) groups is 1. The van der Waals surface area contributed by atoms with E-state index in [1.54, 1.807) is 18.4 Å². The predicted octanol–water partition coefficient (Wildman–Crippen LogP) is 3.92. The van der Waals surface area contributed by atoms with E-state index >= 15 is 0 Å². The normalized spacial score (nSPS) is 18.7. The summed E-state index contributed by atoms with van der Waals surface area (Å²) in [6.07, 6.45) is 3.83. The van der Waals surface area contributed by atoms with Crippen LogP contribution in [0.1, 0.15) is 23.4 Å². The van der Waals surface area contributed by atoms with Gasteiger partial charge in [-0.05, 0) is 43.0 Å². The van der Waals surface area contributed by atoms with Crippen LogP contribution in [0.2, 0.25) is 0 Å². The number of hydrogen-bond acceptors (Lipinski definition) is 3. The Balaban J connectivity index is 1.55. The van der Waals surface area contributed by atoms with Gasteiger partial charge in [0.15, 0.2) is 5.76 Å². The molecule has 1 aliphatic heterocycles. The fourth-order valence-corrected chi connectivity index (χ4v) is 3.72. The summed E-state index contributed by atoms with van der Waals surface area (Å²) in [5, 5.41) is 0. The first-order valence-electron chi connectivity index (χ1n) is 7.33. The molecule has 2 aromatic rings. The molecule has 0 bridgehead atoms. The van der Waals surface area contributed by atoms with Crippen LogP contribution in [0.15, 0.2) is 58.0 Å². The van der Waals surface area contributed by atoms with Gasteiger partial charge in [-0.25, -0.2) is 0 Å². The van der Waals surface area contributed by atoms with Gasteiger partial charge in [0, 0.05) is 23.7 Å². The Hall–Kier alpha value is -1.68. The first-order valence-corrected chi connectivity index (χ1v) is 8.32. The molecule has 1 aromatic heterocycles. The molecule has 2 heterocycles. The molecule has 1 aliphatic rings. The number of hydrogen-bond donors (Lipinski definition) is 0. The minimum absolute atomic E-state index is 0.0226. The van der Waals surface area contributed by atoms with Crippen molar-refractivity contribution in [2.75, 3.05) is 18.8 Å². The molecule has 1 unspecified atom stereocenters. The standard InChI is InChI=1S/C17H19NO2S/c19-17(16-9-5-11-20-16)18-10-4-6-14(12-18)13-21-15-7-2-1-3-8-15/h1-3,5,7-9,11,14H,4,6,10,12-13H2. The number of benzene rings is 1. The molecular formula is C17H19NO2S. The van der Waals surface area contributed by atoms with Gasteiger partial charge >= 0.3 is 0 Å². The van der Waals surface area contributed by atoms with E-state index in [4.69, 9.17) is 4.42 Å². The minimum Gasteiger partial charge on any atom is -0.459 e. The molecule has 0 spiro atoms. The van der Waals surface area contributed by atoms with Crippen LogP contribution in [-0.2, 0) is 0 Å². The summed E-state index contributed by atoms with van der Waals surface area (Å²) in [6.45, 7) is 1.67. The molecule has 1 saturated heterocycles. The number of nitrogens with zero attached hydrogens (tertiary/aromatic N) is 1. The van der Waals surface area contributed by atoms with Gasteiger partial charge in [0.05, 0.1) is 6.26 Å². The van der Waals surface area contributed by atoms with E-state index in [1.165, 1.54) is 11.3 Å². The molecular weight excluding hydrogens is 282 g/mol. The van der Waals surface area contributed by atoms with Crippen LogP contribution < -0.4 is 0 Å². The Morgan fingerprint density at radius 3 is 2.86 bits per heavy atom. The molecule has 110 valence electrons. The third-order valence-electron chi connectivity index (χ3n) is 3.77. The highest BCUT2D eigenvalue weighted by atomic mass is 32.2. The van der Waals surface area contributed by atoms with E-state index in [0.717, 1.165) is 25.3 Å². The van der Waals surface area contributed by atoms with Crippen LogP contribution in [0, 0.1) is 5.92 Å². The fraction of sp³-hybridized carbons (Fsp3) is 0.353. The molecule has 1 atom stereocenters. The lowest BCUT2D eigenvalue weighted by Gasteiger charge is -2.32. The van der Waals surface area contributed by atoms with Crippen LogP contribution in [0.3, 0.4) is 0 Å². The van der Waals surface area contributed by atoms with E-state index < -0.39 is 0 Å². The van der Waals surface area contributed by atoms with Crippen LogP contribution in [0.5, 0.6) is 0 Å². The zero-order chi connectivity index (χ0) is 14.5. The molecule has 3 rings (SSSR count). The molecule has 1 aromatic carbocycles. The quantitative estimate of drug-likeness (QED) is 0.802. The summed E-state index contributed by atoms with van der Waals surface area (Å²) < 4.78 is 5.22. The Bertz CT molecular complexity index is 568. The van der Waals surface area contributed by atoms with Crippen molar-refractivity contribution >= 4 is 17.7 Å². The number of rotatable bonds is 4. The Kier molecular flexibility index (Phi) is 4.65. The van der Waals surface area contributed by atoms with Gasteiger partial charge in [-0.1, -0.05) is 18.2 Å². The molecule has 21 heavy (non-hydrogen) atoms. The number of piperidine rings is 1. The second kappa shape index (κ2) is 6.85. The molecule has 4 heteroatoms. The molecule has 0 N–H and O–H groups in total. The summed E-state index contributed by atoms with van der Waals surface area (Å²) in [7, 11) is 0. The van der Waals surface area contributed by atoms with E-state index in [-0.39, 0.29) is 5.91 Å². The third kappa shape index (κ3) is 3.70. The molecule has 3 nitrogen and oxygen atoms in total. The summed E-state index contributed by atoms with van der Waals surface area (Å²) in [5.41, 5.74) is 0. The van der Waals surface area contributed by atoms with Gasteiger partial charge in [0.25, 0.3) is 5.91 Å². The van der Waals surface area contributed by atoms with E-state index in [0.29, 0.717) is 11.7 Å². The van der Waals surface area contributed by atoms with Gasteiger partial charge in [-0.15, -0.1) is 11.8 Å². The monoisotopic (exact) mass is 301 g/mol. The highest BCUT2D eigenvalue weighted by Gasteiger charge is 2.25. The van der Waals surface area contributed by atoms with Crippen molar-refractivity contribution < 1.29 is 9.21 Å². The zero-order valence-corrected chi connectivity index (χ0v) is 12.7. The van der Waals surface area contributed by atoms with Crippen molar-refractivity contribution in [2.45, 2.75) is 17.7 Å². The van der Waals surface area contributed by atoms with Crippen molar-refractivity contribution in [1.29, 1.82) is 0 Å². The molecule has 0 saturated carbocycles. The Morgan fingerprint density at radius 2 is 2.10 bits per heavy atom. The lowest BCUT2D eigenvalue weighted by molar-refractivity contribution is 0.0653. The second-order valence-corrected chi connectivity index (χ2v) is 6.45. The smallest absolute Gasteiger partial charge is 0.289 e. The molecule has 1 amide bonds. The van der Waals surface area contributed by atoms with E-state index in [9.17, 15) is 4.79 Å². The lowest BCUT2D eigenvalue weighted by Crippen LogP contribution is -2.40. The number of amides is 1. The fourth-order valence-electron chi connectivity index (χ4n) is 2.67. The highest BCUT2D eigenvalue weighted by molar-refractivity contribution is 7.99. The zero-order valence-electron chi connectivity index (χ0n) is 11.9. The maximum atomic E-state index is 12.3. The largest absolute Gasteiger partial charge is 0.459 e. The van der Waals surface area contributed by atoms with Crippen molar-refractivity contribution in [3.63, 3.8) is 0 Å². The van der Waals surface area contributed by atoms with Gasteiger partial charge in [0.1, 0.15) is 0 Å². The predicted molar refractivity (Wildman–Crippen MR) is 84.5 cm³/mol. The van der Waals surface area contributed by atoms with Gasteiger partial charge < -0.3 is 9.32 Å². The molecule has 1 fully saturated rings.